The van der Waals surface area contributed by atoms with Gasteiger partial charge in [0.15, 0.2) is 0 Å². The zero-order valence-electron chi connectivity index (χ0n) is 10.8. The highest BCUT2D eigenvalue weighted by Gasteiger charge is 2.05. The van der Waals surface area contributed by atoms with Crippen molar-refractivity contribution >= 4 is 11.9 Å². The number of hydrogen-bond acceptors (Lipinski definition) is 3. The zero-order valence-corrected chi connectivity index (χ0v) is 10.8. The number of carboxylic acid groups (broad SMARTS) is 1. The van der Waals surface area contributed by atoms with Crippen molar-refractivity contribution in [2.75, 3.05) is 27.2 Å². The van der Waals surface area contributed by atoms with Crippen LogP contribution in [-0.2, 0) is 9.59 Å². The SMILES string of the molecule is CC(=CCCN(C)C)C(=O)O.O=C1CCCN1. The molecule has 0 spiro atoms. The molecule has 1 aliphatic heterocycles. The van der Waals surface area contributed by atoms with Gasteiger partial charge in [-0.25, -0.2) is 4.79 Å². The molecule has 0 unspecified atom stereocenters. The van der Waals surface area contributed by atoms with Crippen LogP contribution in [0.25, 0.3) is 0 Å². The lowest BCUT2D eigenvalue weighted by Gasteiger charge is -2.05. The first-order valence-corrected chi connectivity index (χ1v) is 5.75. The van der Waals surface area contributed by atoms with Crippen LogP contribution in [0.3, 0.4) is 0 Å². The number of carboxylic acids is 1. The minimum atomic E-state index is -0.830. The summed E-state index contributed by atoms with van der Waals surface area (Å²) >= 11 is 0. The van der Waals surface area contributed by atoms with E-state index >= 15 is 0 Å². The third-order valence-corrected chi connectivity index (χ3v) is 2.27. The average molecular weight is 242 g/mol. The monoisotopic (exact) mass is 242 g/mol. The molecule has 1 rings (SSSR count). The van der Waals surface area contributed by atoms with Crippen molar-refractivity contribution in [3.63, 3.8) is 0 Å². The lowest BCUT2D eigenvalue weighted by molar-refractivity contribution is -0.132. The molecule has 5 nitrogen and oxygen atoms in total. The van der Waals surface area contributed by atoms with Crippen molar-refractivity contribution in [1.29, 1.82) is 0 Å². The van der Waals surface area contributed by atoms with Gasteiger partial charge in [0.2, 0.25) is 5.91 Å². The summed E-state index contributed by atoms with van der Waals surface area (Å²) in [5.74, 6) is -0.626. The molecule has 0 bridgehead atoms. The molecule has 1 saturated heterocycles. The van der Waals surface area contributed by atoms with Gasteiger partial charge >= 0.3 is 5.97 Å². The van der Waals surface area contributed by atoms with Gasteiger partial charge in [-0.15, -0.1) is 0 Å². The topological polar surface area (TPSA) is 69.6 Å². The molecule has 98 valence electrons. The smallest absolute Gasteiger partial charge is 0.330 e. The van der Waals surface area contributed by atoms with Crippen LogP contribution in [0.2, 0.25) is 0 Å². The third kappa shape index (κ3) is 9.56. The van der Waals surface area contributed by atoms with Crippen LogP contribution >= 0.6 is 0 Å². The molecule has 1 heterocycles. The Kier molecular flexibility index (Phi) is 8.05. The van der Waals surface area contributed by atoms with Crippen LogP contribution in [0.5, 0.6) is 0 Å². The Morgan fingerprint density at radius 3 is 2.47 bits per heavy atom. The summed E-state index contributed by atoms with van der Waals surface area (Å²) in [6.45, 7) is 3.39. The zero-order chi connectivity index (χ0) is 13.3. The number of aliphatic carboxylic acids is 1. The number of rotatable bonds is 4. The fraction of sp³-hybridized carbons (Fsp3) is 0.667. The predicted octanol–water partition coefficient (Wildman–Crippen LogP) is 0.865. The molecule has 0 radical (unpaired) electrons. The Balaban J connectivity index is 0.000000354. The predicted molar refractivity (Wildman–Crippen MR) is 66.8 cm³/mol. The van der Waals surface area contributed by atoms with Crippen molar-refractivity contribution in [3.8, 4) is 0 Å². The fourth-order valence-electron chi connectivity index (χ4n) is 1.19. The van der Waals surface area contributed by atoms with Crippen LogP contribution in [0.1, 0.15) is 26.2 Å². The van der Waals surface area contributed by atoms with E-state index in [4.69, 9.17) is 5.11 Å². The maximum atomic E-state index is 10.3. The van der Waals surface area contributed by atoms with E-state index in [0.717, 1.165) is 32.4 Å². The summed E-state index contributed by atoms with van der Waals surface area (Å²) in [5, 5.41) is 11.1. The molecular weight excluding hydrogens is 220 g/mol. The summed E-state index contributed by atoms with van der Waals surface area (Å²) in [6.07, 6.45) is 4.30. The minimum absolute atomic E-state index is 0.204. The van der Waals surface area contributed by atoms with Gasteiger partial charge in [0.05, 0.1) is 0 Å². The standard InChI is InChI=1S/C8H15NO2.C4H7NO/c1-7(8(10)11)5-4-6-9(2)3;6-4-2-1-3-5-4/h5H,4,6H2,1-3H3,(H,10,11);1-3H2,(H,5,6). The summed E-state index contributed by atoms with van der Waals surface area (Å²) < 4.78 is 0. The first-order valence-electron chi connectivity index (χ1n) is 5.75. The summed E-state index contributed by atoms with van der Waals surface area (Å²) in [6, 6.07) is 0. The van der Waals surface area contributed by atoms with E-state index in [2.05, 4.69) is 5.32 Å². The van der Waals surface area contributed by atoms with E-state index in [1.807, 2.05) is 19.0 Å². The number of nitrogens with one attached hydrogen (secondary N) is 1. The highest BCUT2D eigenvalue weighted by Crippen LogP contribution is 1.95. The Bertz CT molecular complexity index is 277. The molecular formula is C12H22N2O3. The van der Waals surface area contributed by atoms with Gasteiger partial charge in [-0.2, -0.15) is 0 Å². The maximum absolute atomic E-state index is 10.3. The van der Waals surface area contributed by atoms with E-state index in [-0.39, 0.29) is 5.91 Å². The second-order valence-corrected chi connectivity index (χ2v) is 4.24. The summed E-state index contributed by atoms with van der Waals surface area (Å²) in [5.41, 5.74) is 0.423. The highest BCUT2D eigenvalue weighted by atomic mass is 16.4. The van der Waals surface area contributed by atoms with Gasteiger partial charge in [0.25, 0.3) is 0 Å². The van der Waals surface area contributed by atoms with E-state index in [9.17, 15) is 9.59 Å². The van der Waals surface area contributed by atoms with E-state index in [1.54, 1.807) is 13.0 Å². The van der Waals surface area contributed by atoms with Crippen molar-refractivity contribution in [2.24, 2.45) is 0 Å². The largest absolute Gasteiger partial charge is 0.478 e. The van der Waals surface area contributed by atoms with Gasteiger partial charge in [-0.05, 0) is 33.9 Å². The van der Waals surface area contributed by atoms with E-state index in [1.165, 1.54) is 0 Å². The lowest BCUT2D eigenvalue weighted by Crippen LogP contribution is -2.12. The normalized spacial score (nSPS) is 15.3. The summed E-state index contributed by atoms with van der Waals surface area (Å²) in [7, 11) is 3.92. The second-order valence-electron chi connectivity index (χ2n) is 4.24. The molecule has 0 aromatic carbocycles. The lowest BCUT2D eigenvalue weighted by atomic mass is 10.2. The van der Waals surface area contributed by atoms with E-state index < -0.39 is 5.97 Å². The third-order valence-electron chi connectivity index (χ3n) is 2.27. The van der Waals surface area contributed by atoms with Gasteiger partial charge in [-0.3, -0.25) is 4.79 Å². The number of nitrogens with zero attached hydrogens (tertiary/aromatic N) is 1. The first-order chi connectivity index (χ1) is 7.93. The molecule has 2 N–H and O–H groups in total. The molecule has 0 atom stereocenters. The Labute approximate surface area is 102 Å². The molecule has 1 aliphatic rings. The quantitative estimate of drug-likeness (QED) is 0.718. The number of carbonyl (C=O) groups is 2. The molecule has 0 aliphatic carbocycles. The molecule has 17 heavy (non-hydrogen) atoms. The van der Waals surface area contributed by atoms with Crippen molar-refractivity contribution in [3.05, 3.63) is 11.6 Å². The Morgan fingerprint density at radius 1 is 1.53 bits per heavy atom. The van der Waals surface area contributed by atoms with Crippen molar-refractivity contribution in [1.82, 2.24) is 10.2 Å². The molecule has 0 aromatic heterocycles. The maximum Gasteiger partial charge on any atom is 0.330 e. The van der Waals surface area contributed by atoms with Crippen LogP contribution in [0.4, 0.5) is 0 Å². The Hall–Kier alpha value is -1.36. The van der Waals surface area contributed by atoms with Gasteiger partial charge < -0.3 is 15.3 Å². The molecule has 5 heteroatoms. The van der Waals surface area contributed by atoms with Gasteiger partial charge in [0.1, 0.15) is 0 Å². The molecule has 0 aromatic rings. The van der Waals surface area contributed by atoms with Crippen LogP contribution in [0, 0.1) is 0 Å². The summed E-state index contributed by atoms with van der Waals surface area (Å²) in [4.78, 5) is 22.4. The van der Waals surface area contributed by atoms with Crippen LogP contribution < -0.4 is 5.32 Å². The second kappa shape index (κ2) is 8.75. The van der Waals surface area contributed by atoms with Crippen molar-refractivity contribution < 1.29 is 14.7 Å². The highest BCUT2D eigenvalue weighted by molar-refractivity contribution is 5.85. The van der Waals surface area contributed by atoms with Crippen LogP contribution in [0.15, 0.2) is 11.6 Å². The average Bonchev–Trinajstić information content (AvgIpc) is 2.69. The van der Waals surface area contributed by atoms with Gasteiger partial charge in [-0.1, -0.05) is 6.08 Å². The van der Waals surface area contributed by atoms with Gasteiger partial charge in [0, 0.05) is 25.1 Å². The number of carbonyl (C=O) groups excluding carboxylic acids is 1. The molecule has 0 saturated carbocycles. The van der Waals surface area contributed by atoms with Crippen LogP contribution in [-0.4, -0.2) is 49.1 Å². The van der Waals surface area contributed by atoms with E-state index in [0.29, 0.717) is 5.57 Å². The molecule has 1 amide bonds. The fourth-order valence-corrected chi connectivity index (χ4v) is 1.19. The number of amides is 1. The molecule has 1 fully saturated rings. The van der Waals surface area contributed by atoms with Crippen molar-refractivity contribution in [2.45, 2.75) is 26.2 Å². The minimum Gasteiger partial charge on any atom is -0.478 e. The Morgan fingerprint density at radius 2 is 2.18 bits per heavy atom. The number of hydrogen-bond donors (Lipinski definition) is 2. The first kappa shape index (κ1) is 15.6.